The van der Waals surface area contributed by atoms with Crippen molar-refractivity contribution in [2.24, 2.45) is 0 Å². The summed E-state index contributed by atoms with van der Waals surface area (Å²) < 4.78 is 4.71. The quantitative estimate of drug-likeness (QED) is 0.171. The van der Waals surface area contributed by atoms with Crippen molar-refractivity contribution < 1.29 is 19.1 Å². The molecule has 4 heterocycles. The maximum atomic E-state index is 13.4. The lowest BCUT2D eigenvalue weighted by Crippen LogP contribution is -2.54. The van der Waals surface area contributed by atoms with Gasteiger partial charge in [0, 0.05) is 32.2 Å². The Hall–Kier alpha value is -4.63. The lowest BCUT2D eigenvalue weighted by Gasteiger charge is -2.33. The minimum atomic E-state index is -0.689. The number of hydrogen-bond donors (Lipinski definition) is 3. The van der Waals surface area contributed by atoms with Crippen molar-refractivity contribution in [1.82, 2.24) is 45.1 Å². The molecule has 2 saturated heterocycles. The van der Waals surface area contributed by atoms with Crippen LogP contribution in [0.2, 0.25) is 0 Å². The van der Waals surface area contributed by atoms with Crippen LogP contribution in [0, 0.1) is 0 Å². The molecule has 2 aromatic carbocycles. The highest BCUT2D eigenvalue weighted by Gasteiger charge is 2.37. The summed E-state index contributed by atoms with van der Waals surface area (Å²) >= 11 is 0. The fourth-order valence-electron chi connectivity index (χ4n) is 6.65. The lowest BCUT2D eigenvalue weighted by atomic mass is 10.0. The van der Waals surface area contributed by atoms with Crippen molar-refractivity contribution in [3.05, 3.63) is 72.6 Å². The smallest absolute Gasteiger partial charge is 0.425 e. The van der Waals surface area contributed by atoms with E-state index in [1.807, 2.05) is 45.8 Å². The van der Waals surface area contributed by atoms with Crippen LogP contribution in [0.3, 0.4) is 0 Å². The number of methoxy groups -OCH3 is 1. The Balaban J connectivity index is 0.00000302. The second-order valence-electron chi connectivity index (χ2n) is 13.6. The number of rotatable bonds is 7. The molecule has 2 aromatic heterocycles. The molecule has 0 radical (unpaired) electrons. The molecule has 3 N–H and O–H groups in total. The highest BCUT2D eigenvalue weighted by molar-refractivity contribution is 7.59. The SMILES string of the molecule is COC(=O)NN(C(=O)N1CCC[C@H]1c1ncc(-c2ccc(-c3ccc(-c4cnc([C@@H]5CCCN5C(=O)N(C)C(C)C)[nH]4)cc3)cc2)[nH]1)C(C)C.S.S. The van der Waals surface area contributed by atoms with Crippen LogP contribution in [0.1, 0.15) is 77.1 Å². The molecule has 2 atom stereocenters. The Labute approximate surface area is 319 Å². The minimum absolute atomic E-state index is 0. The highest BCUT2D eigenvalue weighted by atomic mass is 32.1. The Morgan fingerprint density at radius 2 is 1.15 bits per heavy atom. The van der Waals surface area contributed by atoms with E-state index in [-0.39, 0.29) is 63.2 Å². The van der Waals surface area contributed by atoms with E-state index in [1.54, 1.807) is 16.0 Å². The summed E-state index contributed by atoms with van der Waals surface area (Å²) in [4.78, 5) is 60.0. The normalized spacial score (nSPS) is 16.8. The number of nitrogens with zero attached hydrogens (tertiary/aromatic N) is 6. The van der Waals surface area contributed by atoms with Crippen molar-refractivity contribution in [2.75, 3.05) is 27.2 Å². The molecule has 280 valence electrons. The first-order valence-corrected chi connectivity index (χ1v) is 17.3. The third kappa shape index (κ3) is 8.36. The summed E-state index contributed by atoms with van der Waals surface area (Å²) in [5.74, 6) is 1.54. The molecule has 2 fully saturated rings. The van der Waals surface area contributed by atoms with Gasteiger partial charge in [0.15, 0.2) is 0 Å². The first-order chi connectivity index (χ1) is 24.0. The van der Waals surface area contributed by atoms with Gasteiger partial charge in [-0.25, -0.2) is 34.8 Å². The number of amides is 5. The summed E-state index contributed by atoms with van der Waals surface area (Å²) in [5.41, 5.74) is 8.50. The number of carbonyl (C=O) groups excluding carboxylic acids is 3. The third-order valence-corrected chi connectivity index (χ3v) is 9.74. The molecule has 5 amide bonds. The van der Waals surface area contributed by atoms with E-state index in [0.29, 0.717) is 12.4 Å². The molecular formula is C37H51N9O4S2. The molecule has 0 spiro atoms. The Morgan fingerprint density at radius 3 is 1.56 bits per heavy atom. The summed E-state index contributed by atoms with van der Waals surface area (Å²) in [6.45, 7) is 9.01. The number of benzene rings is 2. The van der Waals surface area contributed by atoms with Crippen molar-refractivity contribution in [1.29, 1.82) is 0 Å². The van der Waals surface area contributed by atoms with Gasteiger partial charge in [0.25, 0.3) is 0 Å². The van der Waals surface area contributed by atoms with Crippen molar-refractivity contribution in [3.63, 3.8) is 0 Å². The number of hydrazine groups is 1. The second kappa shape index (κ2) is 17.3. The van der Waals surface area contributed by atoms with Crippen LogP contribution in [0.15, 0.2) is 60.9 Å². The number of aromatic amines is 2. The van der Waals surface area contributed by atoms with Gasteiger partial charge in [0.2, 0.25) is 0 Å². The number of hydrogen-bond acceptors (Lipinski definition) is 6. The summed E-state index contributed by atoms with van der Waals surface area (Å²) in [6.07, 6.45) is 6.42. The molecule has 0 bridgehead atoms. The maximum Gasteiger partial charge on any atom is 0.425 e. The standard InChI is InChI=1S/C37H47N9O4.2H2S/c1-23(2)43(5)36(48)44-19-7-9-31(44)33-38-21-29(40-33)27-15-11-25(12-16-27)26-13-17-28(18-14-26)30-22-39-34(41-30)32-10-8-20-45(32)37(49)46(24(3)4)42-35(47)50-6;;/h11-18,21-24,31-32H,7-10,19-20H2,1-6H3,(H,38,40)(H,39,41)(H,42,47);2*1H2/t31-,32-;;/m0../s1. The summed E-state index contributed by atoms with van der Waals surface area (Å²) in [6, 6.07) is 16.0. The van der Waals surface area contributed by atoms with Crippen LogP contribution in [0.5, 0.6) is 0 Å². The summed E-state index contributed by atoms with van der Waals surface area (Å²) in [7, 11) is 3.12. The van der Waals surface area contributed by atoms with E-state index in [1.165, 1.54) is 12.1 Å². The number of aromatic nitrogens is 4. The van der Waals surface area contributed by atoms with Crippen LogP contribution < -0.4 is 5.43 Å². The average molecular weight is 750 g/mol. The van der Waals surface area contributed by atoms with Gasteiger partial charge in [0.05, 0.1) is 43.0 Å². The highest BCUT2D eigenvalue weighted by Crippen LogP contribution is 2.35. The monoisotopic (exact) mass is 749 g/mol. The van der Waals surface area contributed by atoms with Crippen molar-refractivity contribution in [3.8, 4) is 33.6 Å². The van der Waals surface area contributed by atoms with Gasteiger partial charge in [-0.15, -0.1) is 0 Å². The second-order valence-corrected chi connectivity index (χ2v) is 13.6. The first-order valence-electron chi connectivity index (χ1n) is 17.3. The molecule has 0 aliphatic carbocycles. The van der Waals surface area contributed by atoms with Crippen molar-refractivity contribution in [2.45, 2.75) is 77.5 Å². The van der Waals surface area contributed by atoms with E-state index in [4.69, 9.17) is 4.74 Å². The van der Waals surface area contributed by atoms with Gasteiger partial charge in [-0.05, 0) is 75.6 Å². The minimum Gasteiger partial charge on any atom is -0.452 e. The number of imidazole rings is 2. The van der Waals surface area contributed by atoms with Gasteiger partial charge in [-0.2, -0.15) is 27.0 Å². The van der Waals surface area contributed by atoms with E-state index < -0.39 is 6.09 Å². The van der Waals surface area contributed by atoms with E-state index >= 15 is 0 Å². The van der Waals surface area contributed by atoms with Crippen LogP contribution in [0.4, 0.5) is 14.4 Å². The van der Waals surface area contributed by atoms with Crippen molar-refractivity contribution >= 4 is 45.1 Å². The number of carbonyl (C=O) groups is 3. The fourth-order valence-corrected chi connectivity index (χ4v) is 6.65. The Kier molecular flexibility index (Phi) is 13.3. The molecular weight excluding hydrogens is 699 g/mol. The van der Waals surface area contributed by atoms with Gasteiger partial charge in [-0.3, -0.25) is 0 Å². The average Bonchev–Trinajstić information content (AvgIpc) is 3.96. The largest absolute Gasteiger partial charge is 0.452 e. The molecule has 13 nitrogen and oxygen atoms in total. The van der Waals surface area contributed by atoms with Crippen LogP contribution in [-0.4, -0.2) is 97.1 Å². The Morgan fingerprint density at radius 1 is 0.731 bits per heavy atom. The number of H-pyrrole nitrogens is 2. The molecule has 6 rings (SSSR count). The van der Waals surface area contributed by atoms with Crippen LogP contribution in [0.25, 0.3) is 33.6 Å². The number of ether oxygens (including phenoxy) is 1. The molecule has 0 saturated carbocycles. The predicted octanol–water partition coefficient (Wildman–Crippen LogP) is 7.19. The van der Waals surface area contributed by atoms with Crippen LogP contribution >= 0.6 is 27.0 Å². The molecule has 2 aliphatic heterocycles. The zero-order valence-electron chi connectivity index (χ0n) is 30.6. The first kappa shape index (κ1) is 40.1. The lowest BCUT2D eigenvalue weighted by molar-refractivity contribution is 0.0916. The Bertz CT molecular complexity index is 1810. The molecule has 0 unspecified atom stereocenters. The number of likely N-dealkylation sites (tertiary alicyclic amines) is 2. The maximum absolute atomic E-state index is 13.4. The molecule has 4 aromatic rings. The van der Waals surface area contributed by atoms with Crippen LogP contribution in [-0.2, 0) is 4.74 Å². The zero-order chi connectivity index (χ0) is 35.5. The third-order valence-electron chi connectivity index (χ3n) is 9.74. The zero-order valence-corrected chi connectivity index (χ0v) is 32.6. The molecule has 15 heteroatoms. The fraction of sp³-hybridized carbons (Fsp3) is 0.432. The van der Waals surface area contributed by atoms with Gasteiger partial charge >= 0.3 is 18.2 Å². The van der Waals surface area contributed by atoms with Gasteiger partial charge in [-0.1, -0.05) is 48.5 Å². The topological polar surface area (TPSA) is 143 Å². The van der Waals surface area contributed by atoms with E-state index in [0.717, 1.165) is 71.7 Å². The number of urea groups is 2. The van der Waals surface area contributed by atoms with E-state index in [9.17, 15) is 14.4 Å². The molecule has 52 heavy (non-hydrogen) atoms. The molecule has 2 aliphatic rings. The number of nitrogens with one attached hydrogen (secondary N) is 3. The predicted molar refractivity (Wildman–Crippen MR) is 211 cm³/mol. The van der Waals surface area contributed by atoms with E-state index in [2.05, 4.69) is 73.9 Å². The van der Waals surface area contributed by atoms with Gasteiger partial charge < -0.3 is 29.4 Å². The summed E-state index contributed by atoms with van der Waals surface area (Å²) in [5, 5.41) is 1.30. The van der Waals surface area contributed by atoms with Gasteiger partial charge in [0.1, 0.15) is 11.6 Å².